The van der Waals surface area contributed by atoms with Crippen molar-refractivity contribution in [1.29, 1.82) is 0 Å². The molecule has 2 aliphatic rings. The summed E-state index contributed by atoms with van der Waals surface area (Å²) in [4.78, 5) is 0. The molecule has 0 amide bonds. The van der Waals surface area contributed by atoms with Crippen LogP contribution in [-0.4, -0.2) is 8.07 Å². The third kappa shape index (κ3) is 5.77. The van der Waals surface area contributed by atoms with Gasteiger partial charge in [0.2, 0.25) is 0 Å². The van der Waals surface area contributed by atoms with Gasteiger partial charge in [0, 0.05) is 5.56 Å². The summed E-state index contributed by atoms with van der Waals surface area (Å²) in [6.07, 6.45) is 11.5. The van der Waals surface area contributed by atoms with E-state index in [1.807, 2.05) is 0 Å². The van der Waals surface area contributed by atoms with Crippen LogP contribution in [0.1, 0.15) is 81.8 Å². The van der Waals surface area contributed by atoms with Crippen molar-refractivity contribution in [3.05, 3.63) is 41.5 Å². The predicted molar refractivity (Wildman–Crippen MR) is 120 cm³/mol. The van der Waals surface area contributed by atoms with Gasteiger partial charge in [-0.05, 0) is 61.1 Å². The molecule has 0 bridgehead atoms. The van der Waals surface area contributed by atoms with Crippen molar-refractivity contribution in [2.75, 3.05) is 0 Å². The number of benzene rings is 1. The molecule has 3 rings (SSSR count). The van der Waals surface area contributed by atoms with E-state index in [1.54, 1.807) is 6.07 Å². The lowest BCUT2D eigenvalue weighted by Crippen LogP contribution is -2.37. The SMILES string of the molecule is CCCCC[Si]1(C)CCC([C@H]2CC[C@H](c3ccc(/C(F)=C/F)c(F)c3)CC2)CC1. The smallest absolute Gasteiger partial charge is 0.161 e. The molecule has 0 aromatic heterocycles. The van der Waals surface area contributed by atoms with Gasteiger partial charge in [-0.25, -0.2) is 13.2 Å². The summed E-state index contributed by atoms with van der Waals surface area (Å²) in [5, 5.41) is 0. The molecular weight excluding hydrogens is 385 g/mol. The fraction of sp³-hybridized carbons (Fsp3) is 0.680. The van der Waals surface area contributed by atoms with E-state index < -0.39 is 19.7 Å². The standard InChI is InChI=1S/C25H37F3Si/c1-3-4-5-14-29(2)15-12-21(13-16-29)19-6-8-20(9-7-19)22-10-11-23(24(27)17-22)25(28)18-26/h10-11,17-21H,3-9,12-16H2,1-2H3/b25-18-/t19-,20-,21?,29?. The van der Waals surface area contributed by atoms with Crippen LogP contribution in [0.4, 0.5) is 13.2 Å². The molecule has 1 saturated carbocycles. The van der Waals surface area contributed by atoms with Gasteiger partial charge in [-0.2, -0.15) is 0 Å². The van der Waals surface area contributed by atoms with E-state index in [0.717, 1.165) is 30.2 Å². The summed E-state index contributed by atoms with van der Waals surface area (Å²) < 4.78 is 39.8. The van der Waals surface area contributed by atoms with E-state index in [1.165, 1.54) is 75.2 Å². The van der Waals surface area contributed by atoms with E-state index in [9.17, 15) is 13.2 Å². The van der Waals surface area contributed by atoms with Crippen molar-refractivity contribution >= 4 is 13.9 Å². The van der Waals surface area contributed by atoms with Crippen LogP contribution in [0.2, 0.25) is 24.7 Å². The fourth-order valence-corrected chi connectivity index (χ4v) is 9.81. The molecule has 1 heterocycles. The molecule has 1 aliphatic heterocycles. The van der Waals surface area contributed by atoms with E-state index in [4.69, 9.17) is 0 Å². The molecule has 2 fully saturated rings. The monoisotopic (exact) mass is 422 g/mol. The Kier molecular flexibility index (Phi) is 8.06. The van der Waals surface area contributed by atoms with Crippen molar-refractivity contribution in [3.63, 3.8) is 0 Å². The first kappa shape index (κ1) is 22.6. The average Bonchev–Trinajstić information content (AvgIpc) is 2.74. The molecule has 0 spiro atoms. The molecule has 1 aromatic carbocycles. The van der Waals surface area contributed by atoms with Gasteiger partial charge >= 0.3 is 0 Å². The first-order valence-electron chi connectivity index (χ1n) is 11.7. The largest absolute Gasteiger partial charge is 0.212 e. The van der Waals surface area contributed by atoms with E-state index >= 15 is 0 Å². The Hall–Kier alpha value is -1.03. The quantitative estimate of drug-likeness (QED) is 0.304. The average molecular weight is 423 g/mol. The zero-order valence-corrected chi connectivity index (χ0v) is 19.2. The molecular formula is C25H37F3Si. The van der Waals surface area contributed by atoms with Crippen LogP contribution >= 0.6 is 0 Å². The minimum absolute atomic E-state index is 0.175. The molecule has 1 saturated heterocycles. The Morgan fingerprint density at radius 1 is 1.03 bits per heavy atom. The molecule has 1 aliphatic carbocycles. The zero-order chi connectivity index (χ0) is 20.9. The molecule has 4 heteroatoms. The van der Waals surface area contributed by atoms with E-state index in [2.05, 4.69) is 13.5 Å². The van der Waals surface area contributed by atoms with Crippen LogP contribution in [0, 0.1) is 17.7 Å². The maximum Gasteiger partial charge on any atom is 0.161 e. The summed E-state index contributed by atoms with van der Waals surface area (Å²) in [5.41, 5.74) is 0.661. The van der Waals surface area contributed by atoms with E-state index in [0.29, 0.717) is 5.92 Å². The number of halogens is 3. The molecule has 162 valence electrons. The highest BCUT2D eigenvalue weighted by Crippen LogP contribution is 2.46. The maximum atomic E-state index is 14.2. The van der Waals surface area contributed by atoms with Gasteiger partial charge in [-0.1, -0.05) is 69.8 Å². The first-order chi connectivity index (χ1) is 14.0. The molecule has 0 radical (unpaired) electrons. The minimum atomic E-state index is -1.14. The van der Waals surface area contributed by atoms with Crippen LogP contribution in [0.5, 0.6) is 0 Å². The van der Waals surface area contributed by atoms with E-state index in [-0.39, 0.29) is 11.9 Å². The summed E-state index contributed by atoms with van der Waals surface area (Å²) in [5.74, 6) is 0.280. The lowest BCUT2D eigenvalue weighted by atomic mass is 9.72. The highest BCUT2D eigenvalue weighted by molar-refractivity contribution is 6.78. The van der Waals surface area contributed by atoms with Gasteiger partial charge in [0.05, 0.1) is 8.07 Å². The van der Waals surface area contributed by atoms with Crippen molar-refractivity contribution in [3.8, 4) is 0 Å². The third-order valence-electron chi connectivity index (χ3n) is 7.88. The van der Waals surface area contributed by atoms with Gasteiger partial charge in [-0.3, -0.25) is 0 Å². The Balaban J connectivity index is 1.49. The number of hydrogen-bond donors (Lipinski definition) is 0. The summed E-state index contributed by atoms with van der Waals surface area (Å²) in [6, 6.07) is 9.13. The van der Waals surface area contributed by atoms with Crippen LogP contribution in [0.25, 0.3) is 5.83 Å². The second-order valence-corrected chi connectivity index (χ2v) is 15.0. The highest BCUT2D eigenvalue weighted by atomic mass is 28.3. The Bertz CT molecular complexity index is 683. The first-order valence-corrected chi connectivity index (χ1v) is 14.8. The molecule has 0 nitrogen and oxygen atoms in total. The molecule has 0 unspecified atom stereocenters. The summed E-state index contributed by atoms with van der Waals surface area (Å²) >= 11 is 0. The van der Waals surface area contributed by atoms with Crippen LogP contribution < -0.4 is 0 Å². The number of rotatable bonds is 7. The zero-order valence-electron chi connectivity index (χ0n) is 18.2. The highest BCUT2D eigenvalue weighted by Gasteiger charge is 2.36. The number of hydrogen-bond acceptors (Lipinski definition) is 0. The lowest BCUT2D eigenvalue weighted by molar-refractivity contribution is 0.215. The molecule has 0 N–H and O–H groups in total. The number of unbranched alkanes of at least 4 members (excludes halogenated alkanes) is 2. The second-order valence-electron chi connectivity index (χ2n) is 9.91. The van der Waals surface area contributed by atoms with Gasteiger partial charge < -0.3 is 0 Å². The van der Waals surface area contributed by atoms with Gasteiger partial charge in [0.25, 0.3) is 0 Å². The van der Waals surface area contributed by atoms with Crippen LogP contribution in [0.15, 0.2) is 24.5 Å². The Morgan fingerprint density at radius 2 is 1.69 bits per heavy atom. The molecule has 29 heavy (non-hydrogen) atoms. The minimum Gasteiger partial charge on any atom is -0.212 e. The molecule has 0 atom stereocenters. The third-order valence-corrected chi connectivity index (χ3v) is 12.4. The topological polar surface area (TPSA) is 0 Å². The van der Waals surface area contributed by atoms with Crippen molar-refractivity contribution in [2.45, 2.75) is 95.3 Å². The summed E-state index contributed by atoms with van der Waals surface area (Å²) in [6.45, 7) is 4.92. The normalized spacial score (nSPS) is 31.1. The Morgan fingerprint density at radius 3 is 2.28 bits per heavy atom. The Labute approximate surface area is 176 Å². The van der Waals surface area contributed by atoms with Crippen molar-refractivity contribution in [2.24, 2.45) is 11.8 Å². The van der Waals surface area contributed by atoms with Crippen molar-refractivity contribution in [1.82, 2.24) is 0 Å². The molecule has 1 aromatic rings. The lowest BCUT2D eigenvalue weighted by Gasteiger charge is -2.41. The second kappa shape index (κ2) is 10.3. The van der Waals surface area contributed by atoms with Crippen LogP contribution in [0.3, 0.4) is 0 Å². The van der Waals surface area contributed by atoms with Crippen molar-refractivity contribution < 1.29 is 13.2 Å². The predicted octanol–water partition coefficient (Wildman–Crippen LogP) is 9.02. The maximum absolute atomic E-state index is 14.2. The summed E-state index contributed by atoms with van der Waals surface area (Å²) in [7, 11) is -0.973. The fourth-order valence-electron chi connectivity index (χ4n) is 5.82. The van der Waals surface area contributed by atoms with Gasteiger partial charge in [0.1, 0.15) is 12.1 Å². The van der Waals surface area contributed by atoms with Crippen LogP contribution in [-0.2, 0) is 0 Å². The van der Waals surface area contributed by atoms with Gasteiger partial charge in [0.15, 0.2) is 5.83 Å². The van der Waals surface area contributed by atoms with Gasteiger partial charge in [-0.15, -0.1) is 0 Å².